The summed E-state index contributed by atoms with van der Waals surface area (Å²) in [5.74, 6) is -1.21. The van der Waals surface area contributed by atoms with Gasteiger partial charge < -0.3 is 9.47 Å². The molecule has 0 radical (unpaired) electrons. The van der Waals surface area contributed by atoms with Gasteiger partial charge in [0.05, 0.1) is 18.2 Å². The van der Waals surface area contributed by atoms with E-state index in [-0.39, 0.29) is 11.6 Å². The van der Waals surface area contributed by atoms with Crippen molar-refractivity contribution in [2.75, 3.05) is 6.54 Å². The zero-order chi connectivity index (χ0) is 19.7. The van der Waals surface area contributed by atoms with E-state index in [2.05, 4.69) is 14.5 Å². The van der Waals surface area contributed by atoms with Crippen molar-refractivity contribution in [2.45, 2.75) is 32.4 Å². The Labute approximate surface area is 161 Å². The van der Waals surface area contributed by atoms with Crippen LogP contribution in [0.2, 0.25) is 0 Å². The fraction of sp³-hybridized carbons (Fsp3) is 0.286. The van der Waals surface area contributed by atoms with Gasteiger partial charge in [-0.15, -0.1) is 0 Å². The highest BCUT2D eigenvalue weighted by molar-refractivity contribution is 5.94. The van der Waals surface area contributed by atoms with Crippen LogP contribution in [-0.4, -0.2) is 31.9 Å². The van der Waals surface area contributed by atoms with Crippen LogP contribution >= 0.6 is 0 Å². The smallest absolute Gasteiger partial charge is 0.257 e. The summed E-state index contributed by atoms with van der Waals surface area (Å²) in [6.45, 7) is 3.07. The average Bonchev–Trinajstić information content (AvgIpc) is 3.29. The Morgan fingerprint density at radius 2 is 2.11 bits per heavy atom. The Kier molecular flexibility index (Phi) is 4.90. The van der Waals surface area contributed by atoms with Crippen molar-refractivity contribution < 1.29 is 13.6 Å². The van der Waals surface area contributed by atoms with Crippen LogP contribution in [0.4, 0.5) is 8.78 Å². The fourth-order valence-electron chi connectivity index (χ4n) is 3.72. The maximum Gasteiger partial charge on any atom is 0.257 e. The Hall–Kier alpha value is -3.09. The van der Waals surface area contributed by atoms with Crippen LogP contribution < -0.4 is 0 Å². The van der Waals surface area contributed by atoms with E-state index < -0.39 is 17.5 Å². The summed E-state index contributed by atoms with van der Waals surface area (Å²) < 4.78 is 29.4. The number of likely N-dealkylation sites (tertiary alicyclic amines) is 1. The number of imidazole rings is 1. The van der Waals surface area contributed by atoms with Gasteiger partial charge in [0.25, 0.3) is 5.91 Å². The number of hydrogen-bond donors (Lipinski definition) is 0. The molecule has 1 saturated heterocycles. The lowest BCUT2D eigenvalue weighted by Gasteiger charge is -2.25. The molecular formula is C21H20F2N4O. The first-order chi connectivity index (χ1) is 13.5. The second-order valence-electron chi connectivity index (χ2n) is 6.99. The van der Waals surface area contributed by atoms with Gasteiger partial charge in [0.15, 0.2) is 0 Å². The van der Waals surface area contributed by atoms with Crippen LogP contribution in [0.1, 0.15) is 46.3 Å². The molecule has 3 aromatic rings. The predicted molar refractivity (Wildman–Crippen MR) is 99.7 cm³/mol. The van der Waals surface area contributed by atoms with Crippen molar-refractivity contribution in [3.63, 3.8) is 0 Å². The number of carbonyl (C=O) groups excluding carboxylic acids is 1. The average molecular weight is 382 g/mol. The van der Waals surface area contributed by atoms with E-state index in [4.69, 9.17) is 0 Å². The summed E-state index contributed by atoms with van der Waals surface area (Å²) in [5.41, 5.74) is 1.90. The molecule has 1 aliphatic rings. The topological polar surface area (TPSA) is 51.0 Å². The molecule has 1 aromatic carbocycles. The lowest BCUT2D eigenvalue weighted by molar-refractivity contribution is 0.0722. The number of benzene rings is 1. The van der Waals surface area contributed by atoms with E-state index in [1.807, 2.05) is 19.1 Å². The van der Waals surface area contributed by atoms with E-state index in [1.54, 1.807) is 23.5 Å². The molecule has 0 N–H and O–H groups in total. The van der Waals surface area contributed by atoms with Crippen LogP contribution in [0.3, 0.4) is 0 Å². The molecule has 28 heavy (non-hydrogen) atoms. The minimum atomic E-state index is -0.842. The lowest BCUT2D eigenvalue weighted by atomic mass is 10.1. The van der Waals surface area contributed by atoms with Gasteiger partial charge >= 0.3 is 0 Å². The molecular weight excluding hydrogens is 362 g/mol. The van der Waals surface area contributed by atoms with Gasteiger partial charge in [-0.3, -0.25) is 9.78 Å². The quantitative estimate of drug-likeness (QED) is 0.688. The molecule has 0 saturated carbocycles. The van der Waals surface area contributed by atoms with E-state index in [1.165, 1.54) is 6.07 Å². The molecule has 1 fully saturated rings. The molecule has 4 rings (SSSR count). The Bertz CT molecular complexity index is 1000. The van der Waals surface area contributed by atoms with Gasteiger partial charge in [0.2, 0.25) is 0 Å². The minimum absolute atomic E-state index is 0.115. The predicted octanol–water partition coefficient (Wildman–Crippen LogP) is 3.89. The summed E-state index contributed by atoms with van der Waals surface area (Å²) in [6, 6.07) is 6.67. The van der Waals surface area contributed by atoms with Crippen LogP contribution in [0.5, 0.6) is 0 Å². The Morgan fingerprint density at radius 3 is 2.86 bits per heavy atom. The SMILES string of the molecule is Cc1cnc(C2CCCN2C(=O)c2ccc(F)cc2F)n1Cc1cccnc1. The van der Waals surface area contributed by atoms with E-state index in [0.29, 0.717) is 13.1 Å². The van der Waals surface area contributed by atoms with Crippen molar-refractivity contribution >= 4 is 5.91 Å². The summed E-state index contributed by atoms with van der Waals surface area (Å²) in [6.07, 6.45) is 6.86. The molecule has 5 nitrogen and oxygen atoms in total. The second kappa shape index (κ2) is 7.50. The van der Waals surface area contributed by atoms with Crippen molar-refractivity contribution in [3.05, 3.63) is 83.2 Å². The highest BCUT2D eigenvalue weighted by Crippen LogP contribution is 2.33. The van der Waals surface area contributed by atoms with Crippen LogP contribution in [0.25, 0.3) is 0 Å². The van der Waals surface area contributed by atoms with Crippen LogP contribution in [-0.2, 0) is 6.54 Å². The molecule has 0 spiro atoms. The number of rotatable bonds is 4. The zero-order valence-electron chi connectivity index (χ0n) is 15.5. The first kappa shape index (κ1) is 18.3. The standard InChI is InChI=1S/C21H20F2N4O/c1-14-11-25-20(27(14)13-15-4-2-8-24-12-15)19-5-3-9-26(19)21(28)17-7-6-16(22)10-18(17)23/h2,4,6-8,10-12,19H,3,5,9,13H2,1H3. The van der Waals surface area contributed by atoms with Gasteiger partial charge in [-0.25, -0.2) is 13.8 Å². The third kappa shape index (κ3) is 3.40. The summed E-state index contributed by atoms with van der Waals surface area (Å²) in [4.78, 5) is 23.3. The number of pyridine rings is 1. The molecule has 1 aliphatic heterocycles. The van der Waals surface area contributed by atoms with Gasteiger partial charge in [0.1, 0.15) is 17.5 Å². The summed E-state index contributed by atoms with van der Waals surface area (Å²) in [7, 11) is 0. The van der Waals surface area contributed by atoms with Crippen LogP contribution in [0.15, 0.2) is 48.9 Å². The van der Waals surface area contributed by atoms with E-state index in [9.17, 15) is 13.6 Å². The number of aromatic nitrogens is 3. The van der Waals surface area contributed by atoms with Crippen molar-refractivity contribution in [1.29, 1.82) is 0 Å². The molecule has 1 unspecified atom stereocenters. The van der Waals surface area contributed by atoms with Crippen molar-refractivity contribution in [1.82, 2.24) is 19.4 Å². The number of carbonyl (C=O) groups is 1. The molecule has 0 bridgehead atoms. The van der Waals surface area contributed by atoms with Gasteiger partial charge in [-0.2, -0.15) is 0 Å². The number of halogens is 2. The van der Waals surface area contributed by atoms with Gasteiger partial charge in [-0.1, -0.05) is 6.07 Å². The highest BCUT2D eigenvalue weighted by atomic mass is 19.1. The maximum atomic E-state index is 14.1. The normalized spacial score (nSPS) is 16.5. The maximum absolute atomic E-state index is 14.1. The third-order valence-corrected chi connectivity index (χ3v) is 5.12. The summed E-state index contributed by atoms with van der Waals surface area (Å²) >= 11 is 0. The van der Waals surface area contributed by atoms with E-state index >= 15 is 0 Å². The molecule has 0 aliphatic carbocycles. The minimum Gasteiger partial charge on any atom is -0.328 e. The molecule has 7 heteroatoms. The fourth-order valence-corrected chi connectivity index (χ4v) is 3.72. The zero-order valence-corrected chi connectivity index (χ0v) is 15.5. The monoisotopic (exact) mass is 382 g/mol. The number of nitrogens with zero attached hydrogens (tertiary/aromatic N) is 4. The number of amides is 1. The molecule has 1 atom stereocenters. The Balaban J connectivity index is 1.65. The first-order valence-electron chi connectivity index (χ1n) is 9.21. The second-order valence-corrected chi connectivity index (χ2v) is 6.99. The Morgan fingerprint density at radius 1 is 1.25 bits per heavy atom. The van der Waals surface area contributed by atoms with E-state index in [0.717, 1.165) is 42.1 Å². The molecule has 3 heterocycles. The van der Waals surface area contributed by atoms with Crippen molar-refractivity contribution in [3.8, 4) is 0 Å². The third-order valence-electron chi connectivity index (χ3n) is 5.12. The first-order valence-corrected chi connectivity index (χ1v) is 9.21. The molecule has 144 valence electrons. The lowest BCUT2D eigenvalue weighted by Crippen LogP contribution is -2.32. The summed E-state index contributed by atoms with van der Waals surface area (Å²) in [5, 5.41) is 0. The largest absolute Gasteiger partial charge is 0.328 e. The van der Waals surface area contributed by atoms with Gasteiger partial charge in [-0.05, 0) is 43.5 Å². The molecule has 2 aromatic heterocycles. The van der Waals surface area contributed by atoms with Crippen molar-refractivity contribution in [2.24, 2.45) is 0 Å². The number of hydrogen-bond acceptors (Lipinski definition) is 3. The van der Waals surface area contributed by atoms with Crippen LogP contribution in [0, 0.1) is 18.6 Å². The number of aryl methyl sites for hydroxylation is 1. The highest BCUT2D eigenvalue weighted by Gasteiger charge is 2.34. The molecule has 1 amide bonds. The van der Waals surface area contributed by atoms with Gasteiger partial charge in [0, 0.05) is 36.9 Å².